The van der Waals surface area contributed by atoms with E-state index in [-0.39, 0.29) is 10.4 Å². The van der Waals surface area contributed by atoms with Crippen molar-refractivity contribution in [1.29, 1.82) is 0 Å². The van der Waals surface area contributed by atoms with Crippen LogP contribution in [0.5, 0.6) is 0 Å². The summed E-state index contributed by atoms with van der Waals surface area (Å²) in [5, 5.41) is 3.75. The summed E-state index contributed by atoms with van der Waals surface area (Å²) in [5.74, 6) is 0.120. The number of para-hydroxylation sites is 1. The van der Waals surface area contributed by atoms with Crippen LogP contribution in [0.1, 0.15) is 5.56 Å². The van der Waals surface area contributed by atoms with Gasteiger partial charge in [-0.3, -0.25) is 0 Å². The molecule has 0 atom stereocenters. The molecule has 1 saturated heterocycles. The van der Waals surface area contributed by atoms with Gasteiger partial charge in [-0.25, -0.2) is 22.8 Å². The van der Waals surface area contributed by atoms with Gasteiger partial charge in [0.25, 0.3) is 0 Å². The highest BCUT2D eigenvalue weighted by Gasteiger charge is 2.26. The van der Waals surface area contributed by atoms with Crippen molar-refractivity contribution >= 4 is 26.7 Å². The molecule has 0 unspecified atom stereocenters. The number of nitrogens with one attached hydrogen (secondary N) is 1. The Morgan fingerprint density at radius 2 is 1.82 bits per heavy atom. The molecule has 1 N–H and O–H groups in total. The minimum Gasteiger partial charge on any atom is -0.379 e. The van der Waals surface area contributed by atoms with Crippen LogP contribution < -0.4 is 5.32 Å². The number of rotatable bonds is 5. The smallest absolute Gasteiger partial charge is 0.243 e. The molecule has 0 radical (unpaired) electrons. The zero-order valence-corrected chi connectivity index (χ0v) is 15.8. The monoisotopic (exact) mass is 402 g/mol. The third-order valence-electron chi connectivity index (χ3n) is 4.61. The van der Waals surface area contributed by atoms with Crippen LogP contribution in [0.3, 0.4) is 0 Å². The topological polar surface area (TPSA) is 84.4 Å². The zero-order valence-electron chi connectivity index (χ0n) is 15.0. The van der Waals surface area contributed by atoms with Crippen molar-refractivity contribution < 1.29 is 17.5 Å². The number of hydrogen-bond donors (Lipinski definition) is 1. The quantitative estimate of drug-likeness (QED) is 0.706. The third-order valence-corrected chi connectivity index (χ3v) is 6.52. The highest BCUT2D eigenvalue weighted by Crippen LogP contribution is 2.22. The fraction of sp³-hybridized carbons (Fsp3) is 0.263. The fourth-order valence-electron chi connectivity index (χ4n) is 3.09. The summed E-state index contributed by atoms with van der Waals surface area (Å²) in [6, 6.07) is 11.4. The summed E-state index contributed by atoms with van der Waals surface area (Å²) in [6.45, 7) is 1.97. The Hall–Kier alpha value is -2.62. The normalized spacial score (nSPS) is 15.6. The predicted molar refractivity (Wildman–Crippen MR) is 103 cm³/mol. The van der Waals surface area contributed by atoms with Gasteiger partial charge in [-0.1, -0.05) is 18.2 Å². The van der Waals surface area contributed by atoms with Gasteiger partial charge in [0, 0.05) is 25.0 Å². The lowest BCUT2D eigenvalue weighted by atomic mass is 10.2. The number of hydrogen-bond acceptors (Lipinski definition) is 6. The second-order valence-electron chi connectivity index (χ2n) is 6.37. The van der Waals surface area contributed by atoms with E-state index in [1.54, 1.807) is 36.4 Å². The first kappa shape index (κ1) is 18.7. The second-order valence-corrected chi connectivity index (χ2v) is 8.31. The van der Waals surface area contributed by atoms with Crippen molar-refractivity contribution in [3.63, 3.8) is 0 Å². The number of morpholine rings is 1. The molecule has 9 heteroatoms. The Balaban J connectivity index is 1.49. The molecule has 2 heterocycles. The molecule has 1 aliphatic rings. The summed E-state index contributed by atoms with van der Waals surface area (Å²) < 4.78 is 45.8. The van der Waals surface area contributed by atoms with Gasteiger partial charge in [0.2, 0.25) is 10.0 Å². The Morgan fingerprint density at radius 1 is 1.07 bits per heavy atom. The second kappa shape index (κ2) is 7.78. The van der Waals surface area contributed by atoms with Gasteiger partial charge in [-0.05, 0) is 29.8 Å². The molecular formula is C19H19FN4O3S. The van der Waals surface area contributed by atoms with Crippen LogP contribution in [-0.2, 0) is 21.3 Å². The van der Waals surface area contributed by atoms with Crippen LogP contribution in [0.2, 0.25) is 0 Å². The maximum atomic E-state index is 13.9. The number of nitrogens with zero attached hydrogens (tertiary/aromatic N) is 3. The molecule has 0 spiro atoms. The molecule has 0 aliphatic carbocycles. The molecule has 4 rings (SSSR count). The molecule has 0 bridgehead atoms. The molecule has 1 aromatic heterocycles. The van der Waals surface area contributed by atoms with Gasteiger partial charge < -0.3 is 10.1 Å². The van der Waals surface area contributed by atoms with Crippen molar-refractivity contribution in [1.82, 2.24) is 14.3 Å². The number of aromatic nitrogens is 2. The van der Waals surface area contributed by atoms with Crippen molar-refractivity contribution in [2.45, 2.75) is 11.4 Å². The van der Waals surface area contributed by atoms with Gasteiger partial charge in [0.1, 0.15) is 23.5 Å². The lowest BCUT2D eigenvalue weighted by molar-refractivity contribution is 0.0730. The van der Waals surface area contributed by atoms with E-state index in [1.165, 1.54) is 16.7 Å². The van der Waals surface area contributed by atoms with E-state index in [1.807, 2.05) is 0 Å². The minimum atomic E-state index is -3.51. The van der Waals surface area contributed by atoms with Gasteiger partial charge in [0.15, 0.2) is 0 Å². The lowest BCUT2D eigenvalue weighted by Crippen LogP contribution is -2.40. The molecule has 28 heavy (non-hydrogen) atoms. The number of ether oxygens (including phenoxy) is 1. The summed E-state index contributed by atoms with van der Waals surface area (Å²) >= 11 is 0. The number of anilines is 1. The SMILES string of the molecule is O=S(=O)(c1ccc(CNc2ncnc3c(F)cccc23)cc1)N1CCOCC1. The number of benzene rings is 2. The minimum absolute atomic E-state index is 0.256. The van der Waals surface area contributed by atoms with Crippen molar-refractivity contribution in [2.75, 3.05) is 31.6 Å². The molecule has 1 fully saturated rings. The molecule has 1 aliphatic heterocycles. The lowest BCUT2D eigenvalue weighted by Gasteiger charge is -2.26. The Bertz CT molecular complexity index is 1080. The first-order valence-corrected chi connectivity index (χ1v) is 10.3. The van der Waals surface area contributed by atoms with Gasteiger partial charge >= 0.3 is 0 Å². The Morgan fingerprint density at radius 3 is 2.57 bits per heavy atom. The molecule has 0 saturated carbocycles. The summed E-state index contributed by atoms with van der Waals surface area (Å²) in [4.78, 5) is 8.41. The molecule has 0 amide bonds. The van der Waals surface area contributed by atoms with E-state index in [0.717, 1.165) is 5.56 Å². The average molecular weight is 402 g/mol. The largest absolute Gasteiger partial charge is 0.379 e. The number of halogens is 1. The molecule has 2 aromatic carbocycles. The van der Waals surface area contributed by atoms with E-state index in [2.05, 4.69) is 15.3 Å². The Kier molecular flexibility index (Phi) is 5.21. The van der Waals surface area contributed by atoms with Crippen LogP contribution in [-0.4, -0.2) is 49.0 Å². The number of sulfonamides is 1. The van der Waals surface area contributed by atoms with Gasteiger partial charge in [-0.2, -0.15) is 4.31 Å². The number of fused-ring (bicyclic) bond motifs is 1. The van der Waals surface area contributed by atoms with Gasteiger partial charge in [-0.15, -0.1) is 0 Å². The van der Waals surface area contributed by atoms with E-state index >= 15 is 0 Å². The van der Waals surface area contributed by atoms with Crippen LogP contribution in [0.15, 0.2) is 53.7 Å². The third kappa shape index (κ3) is 3.68. The van der Waals surface area contributed by atoms with E-state index < -0.39 is 15.8 Å². The zero-order chi connectivity index (χ0) is 19.6. The fourth-order valence-corrected chi connectivity index (χ4v) is 4.50. The molecule has 146 valence electrons. The first-order valence-electron chi connectivity index (χ1n) is 8.85. The highest BCUT2D eigenvalue weighted by atomic mass is 32.2. The maximum absolute atomic E-state index is 13.9. The molecule has 7 nitrogen and oxygen atoms in total. The van der Waals surface area contributed by atoms with Crippen molar-refractivity contribution in [3.05, 3.63) is 60.2 Å². The van der Waals surface area contributed by atoms with Crippen LogP contribution >= 0.6 is 0 Å². The van der Waals surface area contributed by atoms with E-state index in [4.69, 9.17) is 4.74 Å². The van der Waals surface area contributed by atoms with E-state index in [9.17, 15) is 12.8 Å². The standard InChI is InChI=1S/C19H19FN4O3S/c20-17-3-1-2-16-18(17)22-13-23-19(16)21-12-14-4-6-15(7-5-14)28(25,26)24-8-10-27-11-9-24/h1-7,13H,8-12H2,(H,21,22,23). The summed E-state index contributed by atoms with van der Waals surface area (Å²) in [6.07, 6.45) is 1.31. The summed E-state index contributed by atoms with van der Waals surface area (Å²) in [7, 11) is -3.51. The maximum Gasteiger partial charge on any atom is 0.243 e. The van der Waals surface area contributed by atoms with E-state index in [0.29, 0.717) is 44.1 Å². The first-order chi connectivity index (χ1) is 13.6. The highest BCUT2D eigenvalue weighted by molar-refractivity contribution is 7.89. The van der Waals surface area contributed by atoms with Crippen LogP contribution in [0, 0.1) is 5.82 Å². The van der Waals surface area contributed by atoms with Crippen LogP contribution in [0.25, 0.3) is 10.9 Å². The average Bonchev–Trinajstić information content (AvgIpc) is 2.73. The summed E-state index contributed by atoms with van der Waals surface area (Å²) in [5.41, 5.74) is 1.14. The van der Waals surface area contributed by atoms with Crippen molar-refractivity contribution in [3.8, 4) is 0 Å². The van der Waals surface area contributed by atoms with Crippen LogP contribution in [0.4, 0.5) is 10.2 Å². The predicted octanol–water partition coefficient (Wildman–Crippen LogP) is 2.40. The Labute approximate surface area is 162 Å². The van der Waals surface area contributed by atoms with Crippen molar-refractivity contribution in [2.24, 2.45) is 0 Å². The molecule has 3 aromatic rings. The van der Waals surface area contributed by atoms with Gasteiger partial charge in [0.05, 0.1) is 18.1 Å². The molecular weight excluding hydrogens is 383 g/mol.